The molecule has 1 aliphatic carbocycles. The maximum absolute atomic E-state index is 5.39. The zero-order chi connectivity index (χ0) is 17.6. The van der Waals surface area contributed by atoms with E-state index in [4.69, 9.17) is 9.84 Å². The third-order valence-corrected chi connectivity index (χ3v) is 5.01. The number of aryl methyl sites for hydroxylation is 1. The fourth-order valence-electron chi connectivity index (χ4n) is 3.45. The first-order valence-corrected chi connectivity index (χ1v) is 9.50. The lowest BCUT2D eigenvalue weighted by molar-refractivity contribution is 0.0389. The number of fused-ring (bicyclic) bond motifs is 1. The Morgan fingerprint density at radius 1 is 1.40 bits per heavy atom. The van der Waals surface area contributed by atoms with Crippen LogP contribution in [0.25, 0.3) is 0 Å². The fourth-order valence-corrected chi connectivity index (χ4v) is 3.45. The van der Waals surface area contributed by atoms with E-state index < -0.39 is 0 Å². The highest BCUT2D eigenvalue weighted by atomic mass is 16.5. The fraction of sp³-hybridized carbons (Fsp3) is 0.778. The van der Waals surface area contributed by atoms with Crippen LogP contribution in [-0.2, 0) is 17.6 Å². The summed E-state index contributed by atoms with van der Waals surface area (Å²) in [7, 11) is 1.84. The number of rotatable bonds is 5. The standard InChI is InChI=1S/C18H32N6O/c1-14(2)24-13-15-4-5-16(12-17(15)22-24)21-18(19-3)20-6-7-23-8-10-25-11-9-23/h13-14,16H,4-12H2,1-3H3,(H2,19,20,21). The molecule has 1 aromatic rings. The Labute approximate surface area is 150 Å². The van der Waals surface area contributed by atoms with Crippen molar-refractivity contribution in [1.29, 1.82) is 0 Å². The molecular formula is C18H32N6O. The molecule has 1 fully saturated rings. The molecular weight excluding hydrogens is 316 g/mol. The van der Waals surface area contributed by atoms with Gasteiger partial charge in [0.05, 0.1) is 18.9 Å². The topological polar surface area (TPSA) is 66.7 Å². The predicted octanol–water partition coefficient (Wildman–Crippen LogP) is 0.819. The minimum Gasteiger partial charge on any atom is -0.379 e. The van der Waals surface area contributed by atoms with Crippen molar-refractivity contribution in [3.63, 3.8) is 0 Å². The number of nitrogens with zero attached hydrogens (tertiary/aromatic N) is 4. The predicted molar refractivity (Wildman–Crippen MR) is 100 cm³/mol. The summed E-state index contributed by atoms with van der Waals surface area (Å²) in [6, 6.07) is 0.823. The summed E-state index contributed by atoms with van der Waals surface area (Å²) in [6.07, 6.45) is 5.40. The van der Waals surface area contributed by atoms with E-state index >= 15 is 0 Å². The lowest BCUT2D eigenvalue weighted by Gasteiger charge is -2.28. The van der Waals surface area contributed by atoms with Crippen LogP contribution in [0.2, 0.25) is 0 Å². The molecule has 25 heavy (non-hydrogen) atoms. The molecule has 2 heterocycles. The highest BCUT2D eigenvalue weighted by Gasteiger charge is 2.23. The smallest absolute Gasteiger partial charge is 0.191 e. The molecule has 2 N–H and O–H groups in total. The Bertz CT molecular complexity index is 576. The van der Waals surface area contributed by atoms with E-state index in [1.165, 1.54) is 11.3 Å². The molecule has 2 aliphatic rings. The van der Waals surface area contributed by atoms with Crippen molar-refractivity contribution in [3.05, 3.63) is 17.5 Å². The summed E-state index contributed by atoms with van der Waals surface area (Å²) >= 11 is 0. The van der Waals surface area contributed by atoms with Gasteiger partial charge in [0, 0.05) is 57.9 Å². The van der Waals surface area contributed by atoms with Crippen LogP contribution >= 0.6 is 0 Å². The number of nitrogens with one attached hydrogen (secondary N) is 2. The van der Waals surface area contributed by atoms with Gasteiger partial charge in [-0.3, -0.25) is 14.6 Å². The van der Waals surface area contributed by atoms with Gasteiger partial charge in [-0.15, -0.1) is 0 Å². The molecule has 7 heteroatoms. The maximum atomic E-state index is 5.39. The monoisotopic (exact) mass is 348 g/mol. The van der Waals surface area contributed by atoms with Gasteiger partial charge in [-0.1, -0.05) is 0 Å². The average molecular weight is 348 g/mol. The second kappa shape index (κ2) is 8.67. The van der Waals surface area contributed by atoms with Crippen LogP contribution in [0.3, 0.4) is 0 Å². The zero-order valence-electron chi connectivity index (χ0n) is 15.8. The van der Waals surface area contributed by atoms with E-state index in [0.717, 1.165) is 64.6 Å². The Morgan fingerprint density at radius 3 is 2.92 bits per heavy atom. The first kappa shape index (κ1) is 18.2. The van der Waals surface area contributed by atoms with Crippen LogP contribution in [0, 0.1) is 0 Å². The van der Waals surface area contributed by atoms with Crippen molar-refractivity contribution in [2.45, 2.75) is 45.2 Å². The quantitative estimate of drug-likeness (QED) is 0.609. The van der Waals surface area contributed by atoms with E-state index in [1.54, 1.807) is 0 Å². The summed E-state index contributed by atoms with van der Waals surface area (Å²) in [5.41, 5.74) is 2.64. The average Bonchev–Trinajstić information content (AvgIpc) is 3.05. The van der Waals surface area contributed by atoms with Gasteiger partial charge in [0.25, 0.3) is 0 Å². The molecule has 1 aliphatic heterocycles. The highest BCUT2D eigenvalue weighted by molar-refractivity contribution is 5.80. The summed E-state index contributed by atoms with van der Waals surface area (Å²) < 4.78 is 7.47. The molecule has 0 saturated carbocycles. The van der Waals surface area contributed by atoms with Crippen molar-refractivity contribution in [1.82, 2.24) is 25.3 Å². The zero-order valence-corrected chi connectivity index (χ0v) is 15.8. The molecule has 7 nitrogen and oxygen atoms in total. The number of guanidine groups is 1. The van der Waals surface area contributed by atoms with Gasteiger partial charge in [0.15, 0.2) is 5.96 Å². The van der Waals surface area contributed by atoms with Crippen molar-refractivity contribution < 1.29 is 4.74 Å². The Kier molecular flexibility index (Phi) is 6.31. The summed E-state index contributed by atoms with van der Waals surface area (Å²) in [4.78, 5) is 6.81. The molecule has 1 unspecified atom stereocenters. The summed E-state index contributed by atoms with van der Waals surface area (Å²) in [6.45, 7) is 10.0. The molecule has 1 aromatic heterocycles. The molecule has 0 amide bonds. The van der Waals surface area contributed by atoms with Gasteiger partial charge in [0.1, 0.15) is 0 Å². The summed E-state index contributed by atoms with van der Waals surface area (Å²) in [5, 5.41) is 11.8. The molecule has 0 aromatic carbocycles. The number of hydrogen-bond acceptors (Lipinski definition) is 4. The lowest BCUT2D eigenvalue weighted by Crippen LogP contribution is -2.48. The molecule has 1 saturated heterocycles. The van der Waals surface area contributed by atoms with Crippen LogP contribution in [0.15, 0.2) is 11.2 Å². The van der Waals surface area contributed by atoms with Crippen molar-refractivity contribution in [2.75, 3.05) is 46.4 Å². The van der Waals surface area contributed by atoms with Crippen LogP contribution in [0.1, 0.15) is 37.6 Å². The third kappa shape index (κ3) is 4.95. The summed E-state index contributed by atoms with van der Waals surface area (Å²) in [5.74, 6) is 0.894. The van der Waals surface area contributed by atoms with Crippen LogP contribution in [0.4, 0.5) is 0 Å². The minimum atomic E-state index is 0.401. The van der Waals surface area contributed by atoms with Crippen LogP contribution < -0.4 is 10.6 Å². The molecule has 140 valence electrons. The first-order valence-electron chi connectivity index (χ1n) is 9.50. The first-order chi connectivity index (χ1) is 12.2. The van der Waals surface area contributed by atoms with Crippen molar-refractivity contribution in [3.8, 4) is 0 Å². The number of aliphatic imine (C=N–C) groups is 1. The number of morpholine rings is 1. The number of hydrogen-bond donors (Lipinski definition) is 2. The van der Waals surface area contributed by atoms with Crippen molar-refractivity contribution >= 4 is 5.96 Å². The number of aromatic nitrogens is 2. The van der Waals surface area contributed by atoms with Gasteiger partial charge >= 0.3 is 0 Å². The van der Waals surface area contributed by atoms with E-state index in [9.17, 15) is 0 Å². The van der Waals surface area contributed by atoms with Gasteiger partial charge in [-0.2, -0.15) is 5.10 Å². The molecule has 3 rings (SSSR count). The molecule has 0 radical (unpaired) electrons. The normalized spacial score (nSPS) is 22.1. The van der Waals surface area contributed by atoms with Gasteiger partial charge in [-0.25, -0.2) is 0 Å². The second-order valence-corrected chi connectivity index (χ2v) is 7.21. The Balaban J connectivity index is 1.45. The molecule has 1 atom stereocenters. The van der Waals surface area contributed by atoms with E-state index in [0.29, 0.717) is 12.1 Å². The Morgan fingerprint density at radius 2 is 2.20 bits per heavy atom. The van der Waals surface area contributed by atoms with Crippen LogP contribution in [0.5, 0.6) is 0 Å². The van der Waals surface area contributed by atoms with Gasteiger partial charge in [-0.05, 0) is 32.3 Å². The van der Waals surface area contributed by atoms with E-state index in [1.807, 2.05) is 7.05 Å². The lowest BCUT2D eigenvalue weighted by atomic mass is 9.94. The van der Waals surface area contributed by atoms with Gasteiger partial charge < -0.3 is 15.4 Å². The molecule has 0 bridgehead atoms. The SMILES string of the molecule is CN=C(NCCN1CCOCC1)NC1CCc2cn(C(C)C)nc2C1. The third-order valence-electron chi connectivity index (χ3n) is 5.01. The molecule has 0 spiro atoms. The van der Waals surface area contributed by atoms with E-state index in [2.05, 4.69) is 45.3 Å². The van der Waals surface area contributed by atoms with Crippen LogP contribution in [-0.4, -0.2) is 73.1 Å². The van der Waals surface area contributed by atoms with Crippen molar-refractivity contribution in [2.24, 2.45) is 4.99 Å². The minimum absolute atomic E-state index is 0.401. The largest absolute Gasteiger partial charge is 0.379 e. The Hall–Kier alpha value is -1.60. The second-order valence-electron chi connectivity index (χ2n) is 7.21. The van der Waals surface area contributed by atoms with Gasteiger partial charge in [0.2, 0.25) is 0 Å². The highest BCUT2D eigenvalue weighted by Crippen LogP contribution is 2.21. The maximum Gasteiger partial charge on any atom is 0.191 e. The number of ether oxygens (including phenoxy) is 1. The van der Waals surface area contributed by atoms with E-state index in [-0.39, 0.29) is 0 Å².